The maximum atomic E-state index is 3.62. The number of hydrogen-bond donors (Lipinski definition) is 1. The van der Waals surface area contributed by atoms with Crippen LogP contribution >= 0.6 is 0 Å². The molecule has 25 heavy (non-hydrogen) atoms. The summed E-state index contributed by atoms with van der Waals surface area (Å²) in [6.45, 7) is 5.18. The lowest BCUT2D eigenvalue weighted by Crippen LogP contribution is -2.18. The Balaban J connectivity index is 1.78. The quantitative estimate of drug-likeness (QED) is 0.605. The van der Waals surface area contributed by atoms with Crippen LogP contribution in [0.4, 0.5) is 0 Å². The zero-order valence-corrected chi connectivity index (χ0v) is 14.9. The molecule has 0 spiro atoms. The lowest BCUT2D eigenvalue weighted by molar-refractivity contribution is 0.617. The van der Waals surface area contributed by atoms with Gasteiger partial charge in [0.25, 0.3) is 0 Å². The van der Waals surface area contributed by atoms with E-state index in [0.717, 1.165) is 6.54 Å². The summed E-state index contributed by atoms with van der Waals surface area (Å²) in [5, 5.41) is 3.62. The third-order valence-electron chi connectivity index (χ3n) is 4.44. The van der Waals surface area contributed by atoms with E-state index in [9.17, 15) is 0 Å². The number of hydrogen-bond acceptors (Lipinski definition) is 1. The van der Waals surface area contributed by atoms with Gasteiger partial charge in [-0.15, -0.1) is 0 Å². The number of rotatable bonds is 6. The van der Waals surface area contributed by atoms with Gasteiger partial charge in [-0.3, -0.25) is 0 Å². The van der Waals surface area contributed by atoms with Crippen molar-refractivity contribution in [1.29, 1.82) is 0 Å². The molecule has 1 nitrogen and oxygen atoms in total. The molecule has 0 aliphatic carbocycles. The van der Waals surface area contributed by atoms with Crippen LogP contribution in [0, 0.1) is 6.92 Å². The lowest BCUT2D eigenvalue weighted by atomic mass is 9.97. The molecule has 0 unspecified atom stereocenters. The van der Waals surface area contributed by atoms with Gasteiger partial charge in [0.15, 0.2) is 0 Å². The van der Waals surface area contributed by atoms with Gasteiger partial charge in [0.2, 0.25) is 0 Å². The summed E-state index contributed by atoms with van der Waals surface area (Å²) >= 11 is 0. The van der Waals surface area contributed by atoms with Crippen molar-refractivity contribution in [2.24, 2.45) is 0 Å². The molecule has 1 heteroatoms. The monoisotopic (exact) mass is 327 g/mol. The van der Waals surface area contributed by atoms with E-state index in [1.54, 1.807) is 0 Å². The molecule has 3 aromatic rings. The smallest absolute Gasteiger partial charge is 0.0294 e. The largest absolute Gasteiger partial charge is 0.307 e. The summed E-state index contributed by atoms with van der Waals surface area (Å²) in [4.78, 5) is 0. The fourth-order valence-corrected chi connectivity index (χ4v) is 3.03. The topological polar surface area (TPSA) is 12.0 Å². The first-order valence-corrected chi connectivity index (χ1v) is 8.85. The summed E-state index contributed by atoms with van der Waals surface area (Å²) in [5.74, 6) is 0. The van der Waals surface area contributed by atoms with E-state index in [0.29, 0.717) is 6.04 Å². The van der Waals surface area contributed by atoms with Crippen molar-refractivity contribution in [3.63, 3.8) is 0 Å². The SMILES string of the molecule is Cc1cccc([C@@H](C)NCC=C(c2ccccc2)c2ccccc2)c1. The number of aryl methyl sites for hydroxylation is 1. The third-order valence-corrected chi connectivity index (χ3v) is 4.44. The summed E-state index contributed by atoms with van der Waals surface area (Å²) < 4.78 is 0. The maximum Gasteiger partial charge on any atom is 0.0294 e. The van der Waals surface area contributed by atoms with Gasteiger partial charge in [-0.2, -0.15) is 0 Å². The Labute approximate surface area is 151 Å². The van der Waals surface area contributed by atoms with Crippen molar-refractivity contribution in [2.75, 3.05) is 6.54 Å². The molecule has 0 amide bonds. The molecule has 3 aromatic carbocycles. The van der Waals surface area contributed by atoms with Gasteiger partial charge in [-0.05, 0) is 36.1 Å². The van der Waals surface area contributed by atoms with Crippen LogP contribution in [-0.4, -0.2) is 6.54 Å². The molecule has 0 aliphatic rings. The molecular formula is C24H25N. The highest BCUT2D eigenvalue weighted by atomic mass is 14.9. The first-order valence-electron chi connectivity index (χ1n) is 8.85. The van der Waals surface area contributed by atoms with Crippen molar-refractivity contribution in [2.45, 2.75) is 19.9 Å². The average Bonchev–Trinajstić information content (AvgIpc) is 2.66. The highest BCUT2D eigenvalue weighted by molar-refractivity contribution is 5.79. The summed E-state index contributed by atoms with van der Waals surface area (Å²) in [6, 6.07) is 30.2. The molecule has 0 heterocycles. The average molecular weight is 327 g/mol. The van der Waals surface area contributed by atoms with E-state index >= 15 is 0 Å². The first kappa shape index (κ1) is 17.2. The summed E-state index contributed by atoms with van der Waals surface area (Å²) in [6.07, 6.45) is 2.29. The fraction of sp³-hybridized carbons (Fsp3) is 0.167. The minimum absolute atomic E-state index is 0.323. The molecule has 3 rings (SSSR count). The molecule has 1 N–H and O–H groups in total. The molecule has 0 saturated carbocycles. The lowest BCUT2D eigenvalue weighted by Gasteiger charge is -2.15. The Hall–Kier alpha value is -2.64. The van der Waals surface area contributed by atoms with Crippen LogP contribution in [0.15, 0.2) is 91.0 Å². The highest BCUT2D eigenvalue weighted by Gasteiger charge is 2.06. The van der Waals surface area contributed by atoms with Crippen molar-refractivity contribution in [3.8, 4) is 0 Å². The molecule has 0 aliphatic heterocycles. The normalized spacial score (nSPS) is 11.8. The zero-order chi connectivity index (χ0) is 17.5. The van der Waals surface area contributed by atoms with E-state index in [1.165, 1.54) is 27.8 Å². The molecule has 0 radical (unpaired) electrons. The van der Waals surface area contributed by atoms with Crippen LogP contribution < -0.4 is 5.32 Å². The Morgan fingerprint density at radius 3 is 2.00 bits per heavy atom. The first-order chi connectivity index (χ1) is 12.2. The zero-order valence-electron chi connectivity index (χ0n) is 14.9. The predicted molar refractivity (Wildman–Crippen MR) is 108 cm³/mol. The number of nitrogens with one attached hydrogen (secondary N) is 1. The Morgan fingerprint density at radius 2 is 1.44 bits per heavy atom. The van der Waals surface area contributed by atoms with Crippen LogP contribution in [0.2, 0.25) is 0 Å². The van der Waals surface area contributed by atoms with Gasteiger partial charge in [0, 0.05) is 12.6 Å². The van der Waals surface area contributed by atoms with Gasteiger partial charge in [-0.25, -0.2) is 0 Å². The van der Waals surface area contributed by atoms with Crippen LogP contribution in [0.1, 0.15) is 35.2 Å². The highest BCUT2D eigenvalue weighted by Crippen LogP contribution is 2.23. The van der Waals surface area contributed by atoms with Crippen LogP contribution in [-0.2, 0) is 0 Å². The Morgan fingerprint density at radius 1 is 0.840 bits per heavy atom. The van der Waals surface area contributed by atoms with Crippen molar-refractivity contribution >= 4 is 5.57 Å². The third kappa shape index (κ3) is 4.68. The standard InChI is InChI=1S/C24H25N/c1-19-10-9-15-23(18-19)20(2)25-17-16-24(21-11-5-3-6-12-21)22-13-7-4-8-14-22/h3-16,18,20,25H,17H2,1-2H3/t20-/m1/s1. The van der Waals surface area contributed by atoms with Crippen molar-refractivity contribution in [1.82, 2.24) is 5.32 Å². The molecular weight excluding hydrogens is 302 g/mol. The molecule has 0 fully saturated rings. The molecule has 126 valence electrons. The van der Waals surface area contributed by atoms with Crippen LogP contribution in [0.5, 0.6) is 0 Å². The second-order valence-corrected chi connectivity index (χ2v) is 6.39. The van der Waals surface area contributed by atoms with Gasteiger partial charge in [-0.1, -0.05) is 96.6 Å². The van der Waals surface area contributed by atoms with Crippen molar-refractivity contribution < 1.29 is 0 Å². The van der Waals surface area contributed by atoms with Gasteiger partial charge in [0.1, 0.15) is 0 Å². The van der Waals surface area contributed by atoms with E-state index in [-0.39, 0.29) is 0 Å². The van der Waals surface area contributed by atoms with E-state index in [4.69, 9.17) is 0 Å². The second kappa shape index (κ2) is 8.46. The number of benzene rings is 3. The van der Waals surface area contributed by atoms with E-state index in [2.05, 4.69) is 110 Å². The minimum Gasteiger partial charge on any atom is -0.307 e. The predicted octanol–water partition coefficient (Wildman–Crippen LogP) is 5.78. The summed E-state index contributed by atoms with van der Waals surface area (Å²) in [7, 11) is 0. The second-order valence-electron chi connectivity index (χ2n) is 6.39. The fourth-order valence-electron chi connectivity index (χ4n) is 3.03. The van der Waals surface area contributed by atoms with Gasteiger partial charge < -0.3 is 5.32 Å². The summed E-state index contributed by atoms with van der Waals surface area (Å²) in [5.41, 5.74) is 6.40. The molecule has 0 bridgehead atoms. The molecule has 0 aromatic heterocycles. The van der Waals surface area contributed by atoms with Crippen LogP contribution in [0.25, 0.3) is 5.57 Å². The molecule has 1 atom stereocenters. The van der Waals surface area contributed by atoms with Gasteiger partial charge >= 0.3 is 0 Å². The Bertz CT molecular complexity index is 777. The van der Waals surface area contributed by atoms with Gasteiger partial charge in [0.05, 0.1) is 0 Å². The van der Waals surface area contributed by atoms with E-state index < -0.39 is 0 Å². The van der Waals surface area contributed by atoms with Crippen LogP contribution in [0.3, 0.4) is 0 Å². The molecule has 0 saturated heterocycles. The maximum absolute atomic E-state index is 3.62. The minimum atomic E-state index is 0.323. The van der Waals surface area contributed by atoms with Crippen molar-refractivity contribution in [3.05, 3.63) is 113 Å². The van der Waals surface area contributed by atoms with E-state index in [1.807, 2.05) is 0 Å². The Kier molecular flexibility index (Phi) is 5.81.